The first-order valence-corrected chi connectivity index (χ1v) is 6.79. The lowest BCUT2D eigenvalue weighted by Crippen LogP contribution is -2.39. The topological polar surface area (TPSA) is 61.4 Å². The molecule has 0 radical (unpaired) electrons. The van der Waals surface area contributed by atoms with Crippen LogP contribution in [-0.2, 0) is 4.79 Å². The Balaban J connectivity index is 2.41. The van der Waals surface area contributed by atoms with E-state index in [1.165, 1.54) is 0 Å². The summed E-state index contributed by atoms with van der Waals surface area (Å²) in [5.74, 6) is -0.120. The summed E-state index contributed by atoms with van der Waals surface area (Å²) in [6, 6.07) is 8.81. The molecule has 1 aromatic carbocycles. The lowest BCUT2D eigenvalue weighted by atomic mass is 10.1. The van der Waals surface area contributed by atoms with E-state index >= 15 is 0 Å². The highest BCUT2D eigenvalue weighted by Gasteiger charge is 2.15. The monoisotopic (exact) mass is 277 g/mol. The number of hydrogen-bond donors (Lipinski definition) is 2. The normalized spacial score (nSPS) is 11.8. The summed E-state index contributed by atoms with van der Waals surface area (Å²) in [6.45, 7) is 3.26. The third kappa shape index (κ3) is 5.40. The maximum atomic E-state index is 11.9. The molecule has 20 heavy (non-hydrogen) atoms. The molecule has 5 heteroatoms. The van der Waals surface area contributed by atoms with Crippen molar-refractivity contribution in [1.29, 1.82) is 0 Å². The fourth-order valence-electron chi connectivity index (χ4n) is 1.77. The van der Waals surface area contributed by atoms with E-state index in [0.717, 1.165) is 6.54 Å². The lowest BCUT2D eigenvalue weighted by Gasteiger charge is -2.20. The number of hydrogen-bond acceptors (Lipinski definition) is 3. The molecule has 0 aliphatic carbocycles. The van der Waals surface area contributed by atoms with Gasteiger partial charge < -0.3 is 15.5 Å². The van der Waals surface area contributed by atoms with Crippen molar-refractivity contribution >= 4 is 11.8 Å². The Hall–Kier alpha value is -1.88. The maximum Gasteiger partial charge on any atom is 0.251 e. The van der Waals surface area contributed by atoms with Gasteiger partial charge in [0.25, 0.3) is 5.91 Å². The van der Waals surface area contributed by atoms with Crippen molar-refractivity contribution in [3.8, 4) is 0 Å². The third-order valence-electron chi connectivity index (χ3n) is 3.02. The molecule has 0 aliphatic heterocycles. The number of likely N-dealkylation sites (N-methyl/N-ethyl adjacent to an activating group) is 2. The highest BCUT2D eigenvalue weighted by atomic mass is 16.2. The van der Waals surface area contributed by atoms with Crippen LogP contribution in [0, 0.1) is 0 Å². The highest BCUT2D eigenvalue weighted by molar-refractivity contribution is 5.94. The van der Waals surface area contributed by atoms with Gasteiger partial charge in [-0.3, -0.25) is 9.59 Å². The molecule has 0 spiro atoms. The van der Waals surface area contributed by atoms with E-state index in [4.69, 9.17) is 0 Å². The van der Waals surface area contributed by atoms with E-state index in [1.807, 2.05) is 32.2 Å². The van der Waals surface area contributed by atoms with Gasteiger partial charge in [-0.15, -0.1) is 0 Å². The number of carbonyl (C=O) groups excluding carboxylic acids is 2. The minimum atomic E-state index is -0.188. The molecule has 1 aromatic rings. The van der Waals surface area contributed by atoms with Crippen LogP contribution in [0.4, 0.5) is 0 Å². The predicted octanol–water partition coefficient (Wildman–Crippen LogP) is 0.873. The molecule has 110 valence electrons. The van der Waals surface area contributed by atoms with Crippen LogP contribution in [0.25, 0.3) is 0 Å². The van der Waals surface area contributed by atoms with Crippen molar-refractivity contribution in [3.63, 3.8) is 0 Å². The van der Waals surface area contributed by atoms with Gasteiger partial charge in [0.2, 0.25) is 5.91 Å². The first-order chi connectivity index (χ1) is 9.54. The first-order valence-electron chi connectivity index (χ1n) is 6.79. The van der Waals surface area contributed by atoms with Gasteiger partial charge in [-0.25, -0.2) is 0 Å². The summed E-state index contributed by atoms with van der Waals surface area (Å²) in [6.07, 6.45) is 0.304. The standard InChI is InChI=1S/C15H23N3O2/c1-12(11-14(19)18(3)10-9-16-2)17-15(20)13-7-5-4-6-8-13/h4-8,12,16H,9-11H2,1-3H3,(H,17,20). The molecule has 0 heterocycles. The average Bonchev–Trinajstić information content (AvgIpc) is 2.45. The number of amides is 2. The molecule has 0 aliphatic rings. The molecule has 2 N–H and O–H groups in total. The van der Waals surface area contributed by atoms with Crippen LogP contribution in [0.2, 0.25) is 0 Å². The van der Waals surface area contributed by atoms with Crippen molar-refractivity contribution in [3.05, 3.63) is 35.9 Å². The van der Waals surface area contributed by atoms with E-state index in [2.05, 4.69) is 10.6 Å². The van der Waals surface area contributed by atoms with E-state index in [9.17, 15) is 9.59 Å². The van der Waals surface area contributed by atoms with Crippen molar-refractivity contribution in [2.45, 2.75) is 19.4 Å². The van der Waals surface area contributed by atoms with Gasteiger partial charge in [-0.1, -0.05) is 18.2 Å². The molecular formula is C15H23N3O2. The fraction of sp³-hybridized carbons (Fsp3) is 0.467. The summed E-state index contributed by atoms with van der Waals surface area (Å²) < 4.78 is 0. The second-order valence-corrected chi connectivity index (χ2v) is 4.86. The van der Waals surface area contributed by atoms with Gasteiger partial charge in [-0.2, -0.15) is 0 Å². The molecule has 0 saturated heterocycles. The molecule has 0 fully saturated rings. The zero-order valence-corrected chi connectivity index (χ0v) is 12.3. The largest absolute Gasteiger partial charge is 0.349 e. The first kappa shape index (κ1) is 16.2. The Kier molecular flexibility index (Phi) is 6.73. The quantitative estimate of drug-likeness (QED) is 0.777. The summed E-state index contributed by atoms with van der Waals surface area (Å²) in [5, 5.41) is 5.83. The molecule has 2 amide bonds. The van der Waals surface area contributed by atoms with Gasteiger partial charge in [0, 0.05) is 38.2 Å². The number of nitrogens with one attached hydrogen (secondary N) is 2. The molecule has 5 nitrogen and oxygen atoms in total. The molecule has 1 unspecified atom stereocenters. The number of rotatable bonds is 7. The Morgan fingerprint density at radius 3 is 2.50 bits per heavy atom. The van der Waals surface area contributed by atoms with E-state index in [1.54, 1.807) is 24.1 Å². The zero-order valence-electron chi connectivity index (χ0n) is 12.3. The summed E-state index contributed by atoms with van der Waals surface area (Å²) >= 11 is 0. The highest BCUT2D eigenvalue weighted by Crippen LogP contribution is 2.01. The third-order valence-corrected chi connectivity index (χ3v) is 3.02. The molecule has 0 bridgehead atoms. The summed E-state index contributed by atoms with van der Waals surface area (Å²) in [7, 11) is 3.62. The van der Waals surface area contributed by atoms with Gasteiger partial charge in [0.1, 0.15) is 0 Å². The Bertz CT molecular complexity index is 434. The van der Waals surface area contributed by atoms with Crippen molar-refractivity contribution in [2.24, 2.45) is 0 Å². The number of nitrogens with zero attached hydrogens (tertiary/aromatic N) is 1. The van der Waals surface area contributed by atoms with Gasteiger partial charge >= 0.3 is 0 Å². The summed E-state index contributed by atoms with van der Waals surface area (Å²) in [4.78, 5) is 25.5. The molecule has 0 saturated carbocycles. The Morgan fingerprint density at radius 2 is 1.90 bits per heavy atom. The van der Waals surface area contributed by atoms with Crippen LogP contribution < -0.4 is 10.6 Å². The predicted molar refractivity (Wildman–Crippen MR) is 79.6 cm³/mol. The molecular weight excluding hydrogens is 254 g/mol. The lowest BCUT2D eigenvalue weighted by molar-refractivity contribution is -0.130. The zero-order chi connectivity index (χ0) is 15.0. The van der Waals surface area contributed by atoms with Crippen molar-refractivity contribution < 1.29 is 9.59 Å². The van der Waals surface area contributed by atoms with Crippen LogP contribution in [0.3, 0.4) is 0 Å². The molecule has 1 rings (SSSR count). The van der Waals surface area contributed by atoms with E-state index < -0.39 is 0 Å². The van der Waals surface area contributed by atoms with Crippen molar-refractivity contribution in [2.75, 3.05) is 27.2 Å². The Morgan fingerprint density at radius 1 is 1.25 bits per heavy atom. The Labute approximate surface area is 120 Å². The molecule has 1 atom stereocenters. The smallest absolute Gasteiger partial charge is 0.251 e. The number of carbonyl (C=O) groups is 2. The van der Waals surface area contributed by atoms with E-state index in [-0.39, 0.29) is 17.9 Å². The van der Waals surface area contributed by atoms with Gasteiger partial charge in [-0.05, 0) is 26.1 Å². The van der Waals surface area contributed by atoms with Crippen LogP contribution in [0.15, 0.2) is 30.3 Å². The van der Waals surface area contributed by atoms with Gasteiger partial charge in [0.15, 0.2) is 0 Å². The average molecular weight is 277 g/mol. The van der Waals surface area contributed by atoms with Crippen LogP contribution in [0.5, 0.6) is 0 Å². The van der Waals surface area contributed by atoms with Crippen LogP contribution in [-0.4, -0.2) is 49.9 Å². The minimum absolute atomic E-state index is 0.0288. The maximum absolute atomic E-state index is 11.9. The summed E-state index contributed by atoms with van der Waals surface area (Å²) in [5.41, 5.74) is 0.607. The van der Waals surface area contributed by atoms with E-state index in [0.29, 0.717) is 18.5 Å². The fourth-order valence-corrected chi connectivity index (χ4v) is 1.77. The van der Waals surface area contributed by atoms with Crippen molar-refractivity contribution in [1.82, 2.24) is 15.5 Å². The number of benzene rings is 1. The molecule has 0 aromatic heterocycles. The second-order valence-electron chi connectivity index (χ2n) is 4.86. The minimum Gasteiger partial charge on any atom is -0.349 e. The van der Waals surface area contributed by atoms with Crippen LogP contribution >= 0.6 is 0 Å². The van der Waals surface area contributed by atoms with Crippen LogP contribution in [0.1, 0.15) is 23.7 Å². The SMILES string of the molecule is CNCCN(C)C(=O)CC(C)NC(=O)c1ccccc1. The van der Waals surface area contributed by atoms with Gasteiger partial charge in [0.05, 0.1) is 0 Å². The second kappa shape index (κ2) is 8.32.